The Bertz CT molecular complexity index is 749. The van der Waals surface area contributed by atoms with Crippen molar-refractivity contribution in [2.45, 2.75) is 51.6 Å². The number of phenolic OH excluding ortho intramolecular Hbond substituents is 2. The van der Waals surface area contributed by atoms with Crippen molar-refractivity contribution < 1.29 is 10.2 Å². The molecule has 0 aromatic heterocycles. The Morgan fingerprint density at radius 2 is 1.04 bits per heavy atom. The smallest absolute Gasteiger partial charge is 0.124 e. The summed E-state index contributed by atoms with van der Waals surface area (Å²) in [6.45, 7) is 3.92. The van der Waals surface area contributed by atoms with Crippen molar-refractivity contribution in [1.29, 1.82) is 0 Å². The molecule has 1 aliphatic carbocycles. The summed E-state index contributed by atoms with van der Waals surface area (Å²) < 4.78 is 0. The zero-order valence-electron chi connectivity index (χ0n) is 15.4. The van der Waals surface area contributed by atoms with E-state index in [1.54, 1.807) is 12.1 Å². The SMILES string of the molecule is CC(=NC1CCC(N=C(C)c2ccccc2O)CC1)c1ccccc1O. The molecule has 136 valence electrons. The molecule has 3 rings (SSSR count). The second kappa shape index (κ2) is 8.17. The van der Waals surface area contributed by atoms with E-state index >= 15 is 0 Å². The minimum atomic E-state index is 0.283. The van der Waals surface area contributed by atoms with Gasteiger partial charge in [0.15, 0.2) is 0 Å². The zero-order valence-corrected chi connectivity index (χ0v) is 15.4. The van der Waals surface area contributed by atoms with E-state index in [0.29, 0.717) is 0 Å². The molecule has 4 nitrogen and oxygen atoms in total. The Morgan fingerprint density at radius 1 is 0.692 bits per heavy atom. The lowest BCUT2D eigenvalue weighted by atomic mass is 9.91. The third-order valence-electron chi connectivity index (χ3n) is 5.01. The van der Waals surface area contributed by atoms with Crippen LogP contribution >= 0.6 is 0 Å². The summed E-state index contributed by atoms with van der Waals surface area (Å²) in [5, 5.41) is 19.9. The molecule has 1 fully saturated rings. The Kier molecular flexibility index (Phi) is 5.71. The van der Waals surface area contributed by atoms with E-state index < -0.39 is 0 Å². The molecule has 2 aromatic carbocycles. The fraction of sp³-hybridized carbons (Fsp3) is 0.364. The molecule has 0 aliphatic heterocycles. The van der Waals surface area contributed by atoms with Gasteiger partial charge in [0.2, 0.25) is 0 Å². The Morgan fingerprint density at radius 3 is 1.38 bits per heavy atom. The van der Waals surface area contributed by atoms with Crippen molar-refractivity contribution in [1.82, 2.24) is 0 Å². The minimum absolute atomic E-state index is 0.283. The van der Waals surface area contributed by atoms with Crippen LogP contribution in [0.3, 0.4) is 0 Å². The highest BCUT2D eigenvalue weighted by molar-refractivity contribution is 6.01. The molecule has 2 N–H and O–H groups in total. The summed E-state index contributed by atoms with van der Waals surface area (Å²) in [6.07, 6.45) is 3.97. The van der Waals surface area contributed by atoms with Crippen LogP contribution in [0.4, 0.5) is 0 Å². The average Bonchev–Trinajstić information content (AvgIpc) is 2.64. The molecule has 4 heteroatoms. The number of hydrogen-bond donors (Lipinski definition) is 2. The van der Waals surface area contributed by atoms with Gasteiger partial charge < -0.3 is 10.2 Å². The maximum Gasteiger partial charge on any atom is 0.124 e. The van der Waals surface area contributed by atoms with Crippen LogP contribution in [0.2, 0.25) is 0 Å². The molecule has 1 aliphatic rings. The monoisotopic (exact) mass is 350 g/mol. The van der Waals surface area contributed by atoms with Crippen molar-refractivity contribution in [3.05, 3.63) is 59.7 Å². The van der Waals surface area contributed by atoms with E-state index in [2.05, 4.69) is 0 Å². The first-order valence-corrected chi connectivity index (χ1v) is 9.20. The quantitative estimate of drug-likeness (QED) is 0.783. The van der Waals surface area contributed by atoms with Gasteiger partial charge in [0.1, 0.15) is 11.5 Å². The number of nitrogens with zero attached hydrogens (tertiary/aromatic N) is 2. The predicted molar refractivity (Wildman–Crippen MR) is 107 cm³/mol. The van der Waals surface area contributed by atoms with Gasteiger partial charge in [-0.25, -0.2) is 0 Å². The number of rotatable bonds is 4. The van der Waals surface area contributed by atoms with Crippen molar-refractivity contribution in [2.75, 3.05) is 0 Å². The Balaban J connectivity index is 1.63. The first kappa shape index (κ1) is 18.2. The van der Waals surface area contributed by atoms with E-state index in [1.807, 2.05) is 50.2 Å². The number of aromatic hydroxyl groups is 2. The fourth-order valence-electron chi connectivity index (χ4n) is 3.56. The molecule has 0 unspecified atom stereocenters. The van der Waals surface area contributed by atoms with Gasteiger partial charge in [-0.3, -0.25) is 9.98 Å². The fourth-order valence-corrected chi connectivity index (χ4v) is 3.56. The molecule has 0 bridgehead atoms. The van der Waals surface area contributed by atoms with Gasteiger partial charge in [0, 0.05) is 22.6 Å². The van der Waals surface area contributed by atoms with Crippen molar-refractivity contribution in [3.8, 4) is 11.5 Å². The summed E-state index contributed by atoms with van der Waals surface area (Å²) >= 11 is 0. The van der Waals surface area contributed by atoms with E-state index in [1.165, 1.54) is 0 Å². The third-order valence-corrected chi connectivity index (χ3v) is 5.01. The van der Waals surface area contributed by atoms with Gasteiger partial charge in [-0.15, -0.1) is 0 Å². The summed E-state index contributed by atoms with van der Waals surface area (Å²) in [7, 11) is 0. The molecule has 2 aromatic rings. The number of para-hydroxylation sites is 2. The van der Waals surface area contributed by atoms with Crippen LogP contribution in [0.15, 0.2) is 58.5 Å². The summed E-state index contributed by atoms with van der Waals surface area (Å²) in [5.41, 5.74) is 3.40. The van der Waals surface area contributed by atoms with Crippen LogP contribution in [0.25, 0.3) is 0 Å². The standard InChI is InChI=1S/C22H26N2O2/c1-15(19-7-3-5-9-21(19)25)23-17-11-13-18(14-12-17)24-16(2)20-8-4-6-10-22(20)26/h3-10,17-18,25-26H,11-14H2,1-2H3. The van der Waals surface area contributed by atoms with E-state index in [-0.39, 0.29) is 23.6 Å². The number of aliphatic imine (C=N–C) groups is 2. The first-order valence-electron chi connectivity index (χ1n) is 9.20. The highest BCUT2D eigenvalue weighted by Gasteiger charge is 2.21. The molecule has 0 atom stereocenters. The summed E-state index contributed by atoms with van der Waals surface area (Å²) in [5.74, 6) is 0.565. The van der Waals surface area contributed by atoms with Crippen LogP contribution in [-0.2, 0) is 0 Å². The normalized spacial score (nSPS) is 21.6. The van der Waals surface area contributed by atoms with Crippen molar-refractivity contribution >= 4 is 11.4 Å². The van der Waals surface area contributed by atoms with Gasteiger partial charge in [-0.2, -0.15) is 0 Å². The van der Waals surface area contributed by atoms with E-state index in [4.69, 9.17) is 9.98 Å². The van der Waals surface area contributed by atoms with Crippen molar-refractivity contribution in [2.24, 2.45) is 9.98 Å². The second-order valence-electron chi connectivity index (χ2n) is 6.93. The summed E-state index contributed by atoms with van der Waals surface area (Å²) in [4.78, 5) is 9.64. The average molecular weight is 350 g/mol. The Labute approximate surface area is 155 Å². The van der Waals surface area contributed by atoms with Crippen LogP contribution in [0.1, 0.15) is 50.7 Å². The molecule has 1 saturated carbocycles. The van der Waals surface area contributed by atoms with E-state index in [0.717, 1.165) is 48.2 Å². The molecule has 0 radical (unpaired) electrons. The third kappa shape index (κ3) is 4.31. The number of phenols is 2. The lowest BCUT2D eigenvalue weighted by Gasteiger charge is -2.25. The van der Waals surface area contributed by atoms with E-state index in [9.17, 15) is 10.2 Å². The maximum atomic E-state index is 9.96. The molecule has 0 amide bonds. The first-order chi connectivity index (χ1) is 12.5. The van der Waals surface area contributed by atoms with Crippen LogP contribution in [-0.4, -0.2) is 33.7 Å². The molecule has 0 spiro atoms. The van der Waals surface area contributed by atoms with Gasteiger partial charge in [0.05, 0.1) is 12.1 Å². The van der Waals surface area contributed by atoms with Crippen LogP contribution in [0, 0.1) is 0 Å². The number of benzene rings is 2. The van der Waals surface area contributed by atoms with Gasteiger partial charge in [0.25, 0.3) is 0 Å². The largest absolute Gasteiger partial charge is 0.507 e. The highest BCUT2D eigenvalue weighted by atomic mass is 16.3. The highest BCUT2D eigenvalue weighted by Crippen LogP contribution is 2.26. The topological polar surface area (TPSA) is 65.2 Å². The lowest BCUT2D eigenvalue weighted by Crippen LogP contribution is -2.21. The molecule has 0 saturated heterocycles. The van der Waals surface area contributed by atoms with Gasteiger partial charge >= 0.3 is 0 Å². The van der Waals surface area contributed by atoms with Crippen molar-refractivity contribution in [3.63, 3.8) is 0 Å². The van der Waals surface area contributed by atoms with Gasteiger partial charge in [-0.1, -0.05) is 24.3 Å². The lowest BCUT2D eigenvalue weighted by molar-refractivity contribution is 0.397. The second-order valence-corrected chi connectivity index (χ2v) is 6.93. The minimum Gasteiger partial charge on any atom is -0.507 e. The predicted octanol–water partition coefficient (Wildman–Crippen LogP) is 4.73. The summed E-state index contributed by atoms with van der Waals surface area (Å²) in [6, 6.07) is 15.2. The van der Waals surface area contributed by atoms with Crippen LogP contribution in [0.5, 0.6) is 11.5 Å². The zero-order chi connectivity index (χ0) is 18.5. The molecular weight excluding hydrogens is 324 g/mol. The Hall–Kier alpha value is -2.62. The van der Waals surface area contributed by atoms with Crippen LogP contribution < -0.4 is 0 Å². The molecule has 0 heterocycles. The maximum absolute atomic E-state index is 9.96. The molecular formula is C22H26N2O2. The molecule has 26 heavy (non-hydrogen) atoms. The van der Waals surface area contributed by atoms with Gasteiger partial charge in [-0.05, 0) is 63.8 Å². The number of hydrogen-bond acceptors (Lipinski definition) is 4.